The van der Waals surface area contributed by atoms with Crippen molar-refractivity contribution in [3.8, 4) is 0 Å². The molecule has 8 heteroatoms. The molecule has 2 aromatic heterocycles. The number of rotatable bonds is 7. The Kier molecular flexibility index (Phi) is 5.97. The largest absolute Gasteiger partial charge is 0.463 e. The van der Waals surface area contributed by atoms with Crippen molar-refractivity contribution in [2.45, 2.75) is 11.7 Å². The van der Waals surface area contributed by atoms with E-state index in [1.54, 1.807) is 18.4 Å². The fourth-order valence-corrected chi connectivity index (χ4v) is 3.72. The standard InChI is InChI=1S/C21H17ClN4O2S/c22-16-9-7-15(8-10-16)13-26-19-6-2-1-5-18(19)24-21(26)29-14-20(27)25-23-12-17-4-3-11-28-17/h1-12H,13-14H2,(H,25,27)/b23-12-. The highest BCUT2D eigenvalue weighted by atomic mass is 35.5. The Morgan fingerprint density at radius 3 is 2.79 bits per heavy atom. The van der Waals surface area contributed by atoms with Crippen LogP contribution in [0, 0.1) is 0 Å². The number of benzene rings is 2. The number of carbonyl (C=O) groups excluding carboxylic acids is 1. The quantitative estimate of drug-likeness (QED) is 0.268. The van der Waals surface area contributed by atoms with Gasteiger partial charge < -0.3 is 8.98 Å². The number of hydrogen-bond donors (Lipinski definition) is 1. The number of hydrazone groups is 1. The van der Waals surface area contributed by atoms with Gasteiger partial charge >= 0.3 is 0 Å². The first-order valence-corrected chi connectivity index (χ1v) is 10.2. The van der Waals surface area contributed by atoms with E-state index >= 15 is 0 Å². The molecule has 6 nitrogen and oxygen atoms in total. The zero-order valence-corrected chi connectivity index (χ0v) is 16.9. The summed E-state index contributed by atoms with van der Waals surface area (Å²) >= 11 is 7.36. The van der Waals surface area contributed by atoms with Crippen LogP contribution >= 0.6 is 23.4 Å². The number of amides is 1. The molecule has 0 radical (unpaired) electrons. The topological polar surface area (TPSA) is 72.4 Å². The summed E-state index contributed by atoms with van der Waals surface area (Å²) in [6.45, 7) is 0.637. The van der Waals surface area contributed by atoms with Crippen molar-refractivity contribution in [1.29, 1.82) is 0 Å². The molecule has 0 saturated heterocycles. The first-order valence-electron chi connectivity index (χ1n) is 8.87. The number of hydrogen-bond acceptors (Lipinski definition) is 5. The summed E-state index contributed by atoms with van der Waals surface area (Å²) in [5.74, 6) is 0.546. The third kappa shape index (κ3) is 4.88. The summed E-state index contributed by atoms with van der Waals surface area (Å²) < 4.78 is 7.23. The molecule has 0 saturated carbocycles. The molecule has 2 aromatic carbocycles. The Labute approximate surface area is 176 Å². The molecule has 4 rings (SSSR count). The fraction of sp³-hybridized carbons (Fsp3) is 0.0952. The zero-order chi connectivity index (χ0) is 20.1. The lowest BCUT2D eigenvalue weighted by molar-refractivity contribution is -0.118. The first kappa shape index (κ1) is 19.3. The van der Waals surface area contributed by atoms with E-state index < -0.39 is 0 Å². The van der Waals surface area contributed by atoms with Crippen LogP contribution in [0.15, 0.2) is 81.6 Å². The number of fused-ring (bicyclic) bond motifs is 1. The molecule has 0 aliphatic heterocycles. The summed E-state index contributed by atoms with van der Waals surface area (Å²) in [5, 5.41) is 5.37. The first-order chi connectivity index (χ1) is 14.2. The second-order valence-electron chi connectivity index (χ2n) is 6.19. The number of halogens is 1. The number of thioether (sulfide) groups is 1. The van der Waals surface area contributed by atoms with Gasteiger partial charge in [-0.05, 0) is 42.0 Å². The molecule has 4 aromatic rings. The summed E-state index contributed by atoms with van der Waals surface area (Å²) in [6.07, 6.45) is 3.00. The molecule has 0 atom stereocenters. The van der Waals surface area contributed by atoms with Crippen molar-refractivity contribution in [2.24, 2.45) is 5.10 Å². The van der Waals surface area contributed by atoms with Gasteiger partial charge in [0.15, 0.2) is 5.16 Å². The maximum absolute atomic E-state index is 12.1. The molecular weight excluding hydrogens is 408 g/mol. The van der Waals surface area contributed by atoms with E-state index in [1.807, 2.05) is 48.5 Å². The number of aromatic nitrogens is 2. The van der Waals surface area contributed by atoms with Crippen molar-refractivity contribution in [2.75, 3.05) is 5.75 Å². The lowest BCUT2D eigenvalue weighted by atomic mass is 10.2. The van der Waals surface area contributed by atoms with E-state index in [-0.39, 0.29) is 11.7 Å². The van der Waals surface area contributed by atoms with Crippen LogP contribution in [0.3, 0.4) is 0 Å². The minimum Gasteiger partial charge on any atom is -0.463 e. The Bertz CT molecular complexity index is 1140. The molecule has 29 heavy (non-hydrogen) atoms. The van der Waals surface area contributed by atoms with Gasteiger partial charge in [-0.3, -0.25) is 4.79 Å². The summed E-state index contributed by atoms with van der Waals surface area (Å²) in [5.41, 5.74) is 5.51. The Hall–Kier alpha value is -3.03. The van der Waals surface area contributed by atoms with Gasteiger partial charge in [-0.25, -0.2) is 10.4 Å². The molecule has 0 spiro atoms. The van der Waals surface area contributed by atoms with Crippen LogP contribution in [-0.2, 0) is 11.3 Å². The average Bonchev–Trinajstić information content (AvgIpc) is 3.36. The van der Waals surface area contributed by atoms with Crippen molar-refractivity contribution in [3.63, 3.8) is 0 Å². The van der Waals surface area contributed by atoms with E-state index in [4.69, 9.17) is 16.0 Å². The van der Waals surface area contributed by atoms with E-state index in [0.29, 0.717) is 17.3 Å². The summed E-state index contributed by atoms with van der Waals surface area (Å²) in [6, 6.07) is 19.1. The van der Waals surface area contributed by atoms with Gasteiger partial charge in [-0.2, -0.15) is 5.10 Å². The van der Waals surface area contributed by atoms with Crippen molar-refractivity contribution in [3.05, 3.63) is 83.3 Å². The lowest BCUT2D eigenvalue weighted by Gasteiger charge is -2.09. The number of nitrogens with zero attached hydrogens (tertiary/aromatic N) is 3. The molecule has 0 bridgehead atoms. The molecule has 0 unspecified atom stereocenters. The van der Waals surface area contributed by atoms with E-state index in [1.165, 1.54) is 18.0 Å². The Balaban J connectivity index is 1.47. The number of furan rings is 1. The van der Waals surface area contributed by atoms with Gasteiger partial charge in [-0.15, -0.1) is 0 Å². The minimum atomic E-state index is -0.220. The third-order valence-electron chi connectivity index (χ3n) is 4.13. The fourth-order valence-electron chi connectivity index (χ4n) is 2.78. The van der Waals surface area contributed by atoms with Gasteiger partial charge in [0.25, 0.3) is 5.91 Å². The Morgan fingerprint density at radius 1 is 1.17 bits per heavy atom. The number of carbonyl (C=O) groups is 1. The van der Waals surface area contributed by atoms with Gasteiger partial charge in [0.05, 0.1) is 35.8 Å². The van der Waals surface area contributed by atoms with Crippen LogP contribution in [0.4, 0.5) is 0 Å². The molecule has 1 amide bonds. The molecule has 1 N–H and O–H groups in total. The number of nitrogens with one attached hydrogen (secondary N) is 1. The van der Waals surface area contributed by atoms with Crippen LogP contribution in [-0.4, -0.2) is 27.4 Å². The highest BCUT2D eigenvalue weighted by Crippen LogP contribution is 2.25. The second-order valence-corrected chi connectivity index (χ2v) is 7.57. The predicted octanol–water partition coefficient (Wildman–Crippen LogP) is 4.57. The average molecular weight is 425 g/mol. The van der Waals surface area contributed by atoms with E-state index in [9.17, 15) is 4.79 Å². The normalized spacial score (nSPS) is 11.3. The van der Waals surface area contributed by atoms with Crippen LogP contribution in [0.5, 0.6) is 0 Å². The molecule has 0 fully saturated rings. The van der Waals surface area contributed by atoms with Crippen LogP contribution < -0.4 is 5.43 Å². The maximum Gasteiger partial charge on any atom is 0.250 e. The van der Waals surface area contributed by atoms with E-state index in [0.717, 1.165) is 21.8 Å². The van der Waals surface area contributed by atoms with Crippen molar-refractivity contribution >= 4 is 46.5 Å². The Morgan fingerprint density at radius 2 is 2.00 bits per heavy atom. The minimum absolute atomic E-state index is 0.194. The highest BCUT2D eigenvalue weighted by Gasteiger charge is 2.13. The zero-order valence-electron chi connectivity index (χ0n) is 15.3. The summed E-state index contributed by atoms with van der Waals surface area (Å²) in [4.78, 5) is 16.8. The lowest BCUT2D eigenvalue weighted by Crippen LogP contribution is -2.20. The number of para-hydroxylation sites is 2. The second kappa shape index (κ2) is 8.98. The smallest absolute Gasteiger partial charge is 0.250 e. The third-order valence-corrected chi connectivity index (χ3v) is 5.36. The molecule has 0 aliphatic rings. The number of imidazole rings is 1. The van der Waals surface area contributed by atoms with Crippen LogP contribution in [0.25, 0.3) is 11.0 Å². The van der Waals surface area contributed by atoms with E-state index in [2.05, 4.69) is 20.1 Å². The molecular formula is C21H17ClN4O2S. The maximum atomic E-state index is 12.1. The highest BCUT2D eigenvalue weighted by molar-refractivity contribution is 7.99. The van der Waals surface area contributed by atoms with Gasteiger partial charge in [0, 0.05) is 5.02 Å². The van der Waals surface area contributed by atoms with Gasteiger partial charge in [-0.1, -0.05) is 47.6 Å². The summed E-state index contributed by atoms with van der Waals surface area (Å²) in [7, 11) is 0. The van der Waals surface area contributed by atoms with Crippen LogP contribution in [0.1, 0.15) is 11.3 Å². The van der Waals surface area contributed by atoms with Gasteiger partial charge in [0.2, 0.25) is 0 Å². The van der Waals surface area contributed by atoms with Gasteiger partial charge in [0.1, 0.15) is 5.76 Å². The van der Waals surface area contributed by atoms with Crippen LogP contribution in [0.2, 0.25) is 5.02 Å². The predicted molar refractivity (Wildman–Crippen MR) is 115 cm³/mol. The van der Waals surface area contributed by atoms with Crippen molar-refractivity contribution < 1.29 is 9.21 Å². The monoisotopic (exact) mass is 424 g/mol. The SMILES string of the molecule is O=C(CSc1nc2ccccc2n1Cc1ccc(Cl)cc1)N/N=C\c1ccco1. The van der Waals surface area contributed by atoms with Crippen molar-refractivity contribution in [1.82, 2.24) is 15.0 Å². The molecule has 2 heterocycles. The molecule has 0 aliphatic carbocycles. The molecule has 146 valence electrons.